The molecule has 0 saturated carbocycles. The van der Waals surface area contributed by atoms with Crippen LogP contribution in [0.2, 0.25) is 0 Å². The highest BCUT2D eigenvalue weighted by Gasteiger charge is 2.13. The summed E-state index contributed by atoms with van der Waals surface area (Å²) in [6, 6.07) is 12.5. The topological polar surface area (TPSA) is 70.0 Å². The third-order valence-corrected chi connectivity index (χ3v) is 4.43. The van der Waals surface area contributed by atoms with Gasteiger partial charge in [0.2, 0.25) is 0 Å². The van der Waals surface area contributed by atoms with Crippen molar-refractivity contribution in [2.45, 2.75) is 17.9 Å². The predicted octanol–water partition coefficient (Wildman–Crippen LogP) is 3.27. The maximum atomic E-state index is 13.6. The molecule has 2 aromatic rings. The lowest BCUT2D eigenvalue weighted by Gasteiger charge is -2.17. The van der Waals surface area contributed by atoms with Gasteiger partial charge in [0.15, 0.2) is 9.84 Å². The van der Waals surface area contributed by atoms with Crippen LogP contribution in [0, 0.1) is 17.1 Å². The second kappa shape index (κ2) is 6.16. The molecule has 0 amide bonds. The van der Waals surface area contributed by atoms with Crippen LogP contribution in [0.3, 0.4) is 0 Å². The Morgan fingerprint density at radius 2 is 1.82 bits per heavy atom. The molecule has 6 heteroatoms. The van der Waals surface area contributed by atoms with Crippen molar-refractivity contribution < 1.29 is 12.8 Å². The average molecular weight is 318 g/mol. The first-order valence-corrected chi connectivity index (χ1v) is 8.47. The molecule has 0 fully saturated rings. The first-order chi connectivity index (χ1) is 10.3. The number of sulfone groups is 1. The molecule has 22 heavy (non-hydrogen) atoms. The molecule has 2 aromatic carbocycles. The minimum Gasteiger partial charge on any atom is -0.377 e. The molecule has 0 bridgehead atoms. The summed E-state index contributed by atoms with van der Waals surface area (Å²) in [5.74, 6) is -0.577. The fourth-order valence-electron chi connectivity index (χ4n) is 2.08. The fraction of sp³-hybridized carbons (Fsp3) is 0.188. The van der Waals surface area contributed by atoms with E-state index in [4.69, 9.17) is 5.26 Å². The molecule has 2 rings (SSSR count). The second-order valence-electron chi connectivity index (χ2n) is 4.98. The van der Waals surface area contributed by atoms with Gasteiger partial charge in [0.1, 0.15) is 17.4 Å². The lowest BCUT2D eigenvalue weighted by atomic mass is 10.1. The molecular weight excluding hydrogens is 303 g/mol. The Bertz CT molecular complexity index is 824. The van der Waals surface area contributed by atoms with Crippen molar-refractivity contribution >= 4 is 15.5 Å². The van der Waals surface area contributed by atoms with Gasteiger partial charge in [-0.25, -0.2) is 12.8 Å². The van der Waals surface area contributed by atoms with Gasteiger partial charge in [0.25, 0.3) is 0 Å². The zero-order valence-corrected chi connectivity index (χ0v) is 13.0. The van der Waals surface area contributed by atoms with Crippen LogP contribution in [0.1, 0.15) is 24.1 Å². The Hall–Kier alpha value is -2.39. The highest BCUT2D eigenvalue weighted by Crippen LogP contribution is 2.24. The normalized spacial score (nSPS) is 12.5. The van der Waals surface area contributed by atoms with Crippen molar-refractivity contribution in [3.8, 4) is 6.07 Å². The van der Waals surface area contributed by atoms with Crippen LogP contribution in [-0.4, -0.2) is 14.7 Å². The lowest BCUT2D eigenvalue weighted by Crippen LogP contribution is -2.09. The number of halogens is 1. The minimum absolute atomic E-state index is 0.0397. The number of hydrogen-bond acceptors (Lipinski definition) is 4. The van der Waals surface area contributed by atoms with E-state index in [9.17, 15) is 12.8 Å². The van der Waals surface area contributed by atoms with Crippen molar-refractivity contribution in [1.29, 1.82) is 5.26 Å². The number of benzene rings is 2. The van der Waals surface area contributed by atoms with Gasteiger partial charge in [-0.15, -0.1) is 0 Å². The molecule has 114 valence electrons. The summed E-state index contributed by atoms with van der Waals surface area (Å²) < 4.78 is 36.4. The fourth-order valence-corrected chi connectivity index (χ4v) is 2.71. The largest absolute Gasteiger partial charge is 0.377 e. The molecular formula is C16H15FN2O2S. The summed E-state index contributed by atoms with van der Waals surface area (Å²) in [6.45, 7) is 1.85. The standard InChI is InChI=1S/C16H15FN2O2S/c1-11(12-6-8-13(9-7-12)22(2,20)21)19-16-5-3-4-15(17)14(16)10-18/h3-9,11,19H,1-2H3/t11-/m1/s1. The SMILES string of the molecule is C[C@@H](Nc1cccc(F)c1C#N)c1ccc(S(C)(=O)=O)cc1. The number of hydrogen-bond donors (Lipinski definition) is 1. The van der Waals surface area contributed by atoms with E-state index in [0.717, 1.165) is 11.8 Å². The second-order valence-corrected chi connectivity index (χ2v) is 7.00. The molecule has 0 aliphatic carbocycles. The Morgan fingerprint density at radius 1 is 1.18 bits per heavy atom. The van der Waals surface area contributed by atoms with Crippen LogP contribution in [0.25, 0.3) is 0 Å². The van der Waals surface area contributed by atoms with Gasteiger partial charge in [0, 0.05) is 12.3 Å². The van der Waals surface area contributed by atoms with Gasteiger partial charge < -0.3 is 5.32 Å². The quantitative estimate of drug-likeness (QED) is 0.939. The van der Waals surface area contributed by atoms with Crippen molar-refractivity contribution in [1.82, 2.24) is 0 Å². The zero-order valence-electron chi connectivity index (χ0n) is 12.2. The number of rotatable bonds is 4. The van der Waals surface area contributed by atoms with E-state index in [2.05, 4.69) is 5.32 Å². The maximum Gasteiger partial charge on any atom is 0.175 e. The van der Waals surface area contributed by atoms with Gasteiger partial charge in [-0.3, -0.25) is 0 Å². The lowest BCUT2D eigenvalue weighted by molar-refractivity contribution is 0.601. The summed E-state index contributed by atoms with van der Waals surface area (Å²) in [5, 5.41) is 12.1. The van der Waals surface area contributed by atoms with Gasteiger partial charge in [-0.2, -0.15) is 5.26 Å². The van der Waals surface area contributed by atoms with Gasteiger partial charge in [-0.1, -0.05) is 18.2 Å². The van der Waals surface area contributed by atoms with E-state index in [-0.39, 0.29) is 16.5 Å². The summed E-state index contributed by atoms with van der Waals surface area (Å²) in [5.41, 5.74) is 1.20. The van der Waals surface area contributed by atoms with E-state index in [1.807, 2.05) is 13.0 Å². The minimum atomic E-state index is -3.23. The van der Waals surface area contributed by atoms with Crippen molar-refractivity contribution in [2.24, 2.45) is 0 Å². The first-order valence-electron chi connectivity index (χ1n) is 6.58. The van der Waals surface area contributed by atoms with Gasteiger partial charge in [-0.05, 0) is 36.8 Å². The summed E-state index contributed by atoms with van der Waals surface area (Å²) >= 11 is 0. The highest BCUT2D eigenvalue weighted by molar-refractivity contribution is 7.90. The van der Waals surface area contributed by atoms with Crippen LogP contribution < -0.4 is 5.32 Å². The van der Waals surface area contributed by atoms with E-state index in [1.54, 1.807) is 18.2 Å². The Kier molecular flexibility index (Phi) is 4.48. The Balaban J connectivity index is 2.25. The van der Waals surface area contributed by atoms with Crippen LogP contribution in [0.5, 0.6) is 0 Å². The van der Waals surface area contributed by atoms with Crippen molar-refractivity contribution in [2.75, 3.05) is 11.6 Å². The zero-order chi connectivity index (χ0) is 16.3. The van der Waals surface area contributed by atoms with Crippen LogP contribution in [-0.2, 0) is 9.84 Å². The van der Waals surface area contributed by atoms with E-state index >= 15 is 0 Å². The predicted molar refractivity (Wildman–Crippen MR) is 82.7 cm³/mol. The molecule has 1 N–H and O–H groups in total. The van der Waals surface area contributed by atoms with Crippen LogP contribution in [0.15, 0.2) is 47.4 Å². The summed E-state index contributed by atoms with van der Waals surface area (Å²) in [7, 11) is -3.23. The molecule has 0 radical (unpaired) electrons. The van der Waals surface area contributed by atoms with Crippen molar-refractivity contribution in [3.05, 3.63) is 59.4 Å². The Morgan fingerprint density at radius 3 is 2.36 bits per heavy atom. The van der Waals surface area contributed by atoms with Gasteiger partial charge >= 0.3 is 0 Å². The monoisotopic (exact) mass is 318 g/mol. The molecule has 0 unspecified atom stereocenters. The van der Waals surface area contributed by atoms with Gasteiger partial charge in [0.05, 0.1) is 10.6 Å². The molecule has 0 spiro atoms. The molecule has 0 saturated heterocycles. The first kappa shape index (κ1) is 16.0. The van der Waals surface area contributed by atoms with E-state index in [0.29, 0.717) is 5.69 Å². The molecule has 0 aliphatic rings. The Labute approximate surface area is 129 Å². The third kappa shape index (κ3) is 3.43. The molecule has 4 nitrogen and oxygen atoms in total. The number of anilines is 1. The van der Waals surface area contributed by atoms with Crippen LogP contribution >= 0.6 is 0 Å². The number of nitriles is 1. The highest BCUT2D eigenvalue weighted by atomic mass is 32.2. The van der Waals surface area contributed by atoms with E-state index in [1.165, 1.54) is 24.3 Å². The van der Waals surface area contributed by atoms with E-state index < -0.39 is 15.7 Å². The summed E-state index contributed by atoms with van der Waals surface area (Å²) in [6.07, 6.45) is 1.15. The summed E-state index contributed by atoms with van der Waals surface area (Å²) in [4.78, 5) is 0.243. The molecule has 0 heterocycles. The van der Waals surface area contributed by atoms with Crippen LogP contribution in [0.4, 0.5) is 10.1 Å². The molecule has 1 atom stereocenters. The smallest absolute Gasteiger partial charge is 0.175 e. The molecule has 0 aliphatic heterocycles. The van der Waals surface area contributed by atoms with Crippen molar-refractivity contribution in [3.63, 3.8) is 0 Å². The maximum absolute atomic E-state index is 13.6. The number of nitrogens with one attached hydrogen (secondary N) is 1. The molecule has 0 aromatic heterocycles. The third-order valence-electron chi connectivity index (χ3n) is 3.31. The number of nitrogens with zero attached hydrogens (tertiary/aromatic N) is 1. The average Bonchev–Trinajstić information content (AvgIpc) is 2.47.